The number of hydrogen-bond acceptors (Lipinski definition) is 7. The molecule has 4 bridgehead atoms. The molecule has 2 aromatic carbocycles. The Morgan fingerprint density at radius 1 is 0.760 bits per heavy atom. The van der Waals surface area contributed by atoms with Crippen molar-refractivity contribution < 1.29 is 9.47 Å². The lowest BCUT2D eigenvalue weighted by Gasteiger charge is -2.52. The third kappa shape index (κ3) is 6.03. The topological polar surface area (TPSA) is 74.8 Å². The van der Waals surface area contributed by atoms with E-state index in [0.29, 0.717) is 28.8 Å². The second-order valence-electron chi connectivity index (χ2n) is 14.6. The van der Waals surface area contributed by atoms with Crippen LogP contribution in [0.4, 0.5) is 0 Å². The average Bonchev–Trinajstić information content (AvgIpc) is 3.18. The first kappa shape index (κ1) is 33.1. The van der Waals surface area contributed by atoms with Gasteiger partial charge in [-0.3, -0.25) is 19.8 Å². The highest BCUT2D eigenvalue weighted by Crippen LogP contribution is 2.44. The van der Waals surface area contributed by atoms with Crippen molar-refractivity contribution in [2.45, 2.75) is 49.9 Å². The van der Waals surface area contributed by atoms with Crippen LogP contribution in [-0.2, 0) is 0 Å². The highest BCUT2D eigenvalue weighted by atomic mass is 32.1. The normalized spacial score (nSPS) is 29.6. The van der Waals surface area contributed by atoms with Gasteiger partial charge < -0.3 is 20.1 Å². The summed E-state index contributed by atoms with van der Waals surface area (Å²) in [6, 6.07) is 17.1. The predicted molar refractivity (Wildman–Crippen MR) is 204 cm³/mol. The van der Waals surface area contributed by atoms with Crippen LogP contribution in [-0.4, -0.2) is 77.4 Å². The lowest BCUT2D eigenvalue weighted by Crippen LogP contribution is -2.60. The van der Waals surface area contributed by atoms with Gasteiger partial charge in [0.25, 0.3) is 0 Å². The molecule has 8 nitrogen and oxygen atoms in total. The fraction of sp³-hybridized carbons (Fsp3) is 0.439. The van der Waals surface area contributed by atoms with Crippen LogP contribution in [0.3, 0.4) is 0 Å². The van der Waals surface area contributed by atoms with Gasteiger partial charge in [-0.15, -0.1) is 13.2 Å². The van der Waals surface area contributed by atoms with Crippen LogP contribution in [0.1, 0.15) is 48.9 Å². The molecule has 2 aromatic heterocycles. The van der Waals surface area contributed by atoms with Crippen molar-refractivity contribution in [1.29, 1.82) is 0 Å². The zero-order chi connectivity index (χ0) is 34.4. The summed E-state index contributed by atoms with van der Waals surface area (Å²) in [5, 5.41) is 10.7. The van der Waals surface area contributed by atoms with E-state index in [1.807, 2.05) is 36.7 Å². The van der Waals surface area contributed by atoms with Crippen LogP contribution in [0.25, 0.3) is 21.8 Å². The molecule has 0 aliphatic carbocycles. The number of hydrogen-bond donors (Lipinski definition) is 2. The van der Waals surface area contributed by atoms with Crippen molar-refractivity contribution >= 4 is 39.1 Å². The zero-order valence-corrected chi connectivity index (χ0v) is 29.9. The zero-order valence-electron chi connectivity index (χ0n) is 29.1. The van der Waals surface area contributed by atoms with Crippen molar-refractivity contribution in [2.75, 3.05) is 40.4 Å². The number of methoxy groups -OCH3 is 2. The van der Waals surface area contributed by atoms with E-state index in [2.05, 4.69) is 70.0 Å². The molecule has 2 N–H and O–H groups in total. The molecule has 50 heavy (non-hydrogen) atoms. The third-order valence-corrected chi connectivity index (χ3v) is 12.5. The Kier molecular flexibility index (Phi) is 9.23. The third-order valence-electron chi connectivity index (χ3n) is 12.3. The van der Waals surface area contributed by atoms with E-state index >= 15 is 0 Å². The molecule has 0 spiro atoms. The Hall–Kier alpha value is -4.05. The summed E-state index contributed by atoms with van der Waals surface area (Å²) in [7, 11) is 3.44. The Bertz CT molecular complexity index is 1780. The molecule has 6 fully saturated rings. The smallest absolute Gasteiger partial charge is 0.167 e. The number of pyridine rings is 2. The molecule has 4 unspecified atom stereocenters. The average molecular weight is 689 g/mol. The highest BCUT2D eigenvalue weighted by molar-refractivity contribution is 7.80. The van der Waals surface area contributed by atoms with E-state index in [1.165, 1.54) is 24.0 Å². The monoisotopic (exact) mass is 688 g/mol. The number of thiocarbonyl (C=S) groups is 1. The second-order valence-corrected chi connectivity index (χ2v) is 15.0. The molecule has 8 heterocycles. The number of nitrogens with zero attached hydrogens (tertiary/aromatic N) is 4. The lowest BCUT2D eigenvalue weighted by atomic mass is 9.73. The molecule has 6 saturated heterocycles. The Labute approximate surface area is 300 Å². The van der Waals surface area contributed by atoms with Gasteiger partial charge in [0, 0.05) is 48.3 Å². The second kappa shape index (κ2) is 13.9. The van der Waals surface area contributed by atoms with E-state index in [9.17, 15) is 0 Å². The van der Waals surface area contributed by atoms with Gasteiger partial charge in [0.05, 0.1) is 37.3 Å². The Morgan fingerprint density at radius 3 is 1.60 bits per heavy atom. The van der Waals surface area contributed by atoms with Crippen molar-refractivity contribution in [3.63, 3.8) is 0 Å². The van der Waals surface area contributed by atoms with Gasteiger partial charge in [-0.05, 0) is 134 Å². The van der Waals surface area contributed by atoms with Crippen molar-refractivity contribution in [2.24, 2.45) is 23.7 Å². The molecular weight excluding hydrogens is 641 g/mol. The van der Waals surface area contributed by atoms with Gasteiger partial charge in [-0.2, -0.15) is 0 Å². The lowest BCUT2D eigenvalue weighted by molar-refractivity contribution is 0.00188. The minimum atomic E-state index is -0.0515. The summed E-state index contributed by atoms with van der Waals surface area (Å²) in [6.07, 6.45) is 12.8. The fourth-order valence-corrected chi connectivity index (χ4v) is 9.88. The van der Waals surface area contributed by atoms with Crippen molar-refractivity contribution in [1.82, 2.24) is 30.4 Å². The van der Waals surface area contributed by atoms with Crippen molar-refractivity contribution in [3.8, 4) is 11.5 Å². The first-order valence-electron chi connectivity index (χ1n) is 18.1. The standard InChI is InChI=1S/C41H48N6O2S/c1-5-25-23-46-17-13-27(25)19-37(46)39(31-11-15-42-35-9-7-29(48-3)21-33(31)35)44-41(50)45-40(38-20-28-14-18-47(38)24-26(28)6-2)32-12-16-43-36-10-8-30(49-4)22-34(32)36/h5-12,15-16,21-22,25-28,37-40H,1-2,13-14,17-20,23-24H2,3-4H3,(H2,44,45,50)/t25-,26-,27-,28-,37?,38?,39-,40-/m0/s1. The predicted octanol–water partition coefficient (Wildman–Crippen LogP) is 6.84. The summed E-state index contributed by atoms with van der Waals surface area (Å²) < 4.78 is 11.4. The maximum atomic E-state index is 6.38. The van der Waals surface area contributed by atoms with Crippen LogP contribution < -0.4 is 20.1 Å². The van der Waals surface area contributed by atoms with E-state index in [-0.39, 0.29) is 24.2 Å². The fourth-order valence-electron chi connectivity index (χ4n) is 9.62. The molecule has 0 amide bonds. The molecule has 0 radical (unpaired) electrons. The summed E-state index contributed by atoms with van der Waals surface area (Å²) in [4.78, 5) is 14.8. The quantitative estimate of drug-likeness (QED) is 0.138. The number of rotatable bonds is 10. The van der Waals surface area contributed by atoms with Crippen LogP contribution in [0.2, 0.25) is 0 Å². The van der Waals surface area contributed by atoms with Crippen molar-refractivity contribution in [3.05, 3.63) is 97.4 Å². The van der Waals surface area contributed by atoms with E-state index in [4.69, 9.17) is 31.7 Å². The molecule has 10 atom stereocenters. The molecule has 260 valence electrons. The maximum Gasteiger partial charge on any atom is 0.167 e. The summed E-state index contributed by atoms with van der Waals surface area (Å²) >= 11 is 6.38. The highest BCUT2D eigenvalue weighted by Gasteiger charge is 2.45. The molecule has 6 aliphatic rings. The number of benzene rings is 2. The number of ether oxygens (including phenoxy) is 2. The molecule has 6 aliphatic heterocycles. The largest absolute Gasteiger partial charge is 0.497 e. The number of aromatic nitrogens is 2. The van der Waals surface area contributed by atoms with Crippen LogP contribution in [0, 0.1) is 23.7 Å². The van der Waals surface area contributed by atoms with Gasteiger partial charge in [0.1, 0.15) is 11.5 Å². The van der Waals surface area contributed by atoms with Crippen LogP contribution in [0.5, 0.6) is 11.5 Å². The van der Waals surface area contributed by atoms with Gasteiger partial charge >= 0.3 is 0 Å². The minimum Gasteiger partial charge on any atom is -0.497 e. The van der Waals surface area contributed by atoms with Gasteiger partial charge in [0.15, 0.2) is 5.11 Å². The summed E-state index contributed by atoms with van der Waals surface area (Å²) in [5.41, 5.74) is 4.28. The first-order chi connectivity index (χ1) is 24.5. The molecule has 10 rings (SSSR count). The van der Waals surface area contributed by atoms with Gasteiger partial charge in [0.2, 0.25) is 0 Å². The number of nitrogens with one attached hydrogen (secondary N) is 2. The molecule has 9 heteroatoms. The first-order valence-corrected chi connectivity index (χ1v) is 18.5. The van der Waals surface area contributed by atoms with Gasteiger partial charge in [-0.25, -0.2) is 0 Å². The maximum absolute atomic E-state index is 6.38. The van der Waals surface area contributed by atoms with Crippen LogP contribution in [0.15, 0.2) is 86.2 Å². The Morgan fingerprint density at radius 2 is 1.22 bits per heavy atom. The van der Waals surface area contributed by atoms with Gasteiger partial charge in [-0.1, -0.05) is 12.2 Å². The molecule has 4 aromatic rings. The molecule has 0 saturated carbocycles. The van der Waals surface area contributed by atoms with Crippen LogP contribution >= 0.6 is 12.2 Å². The summed E-state index contributed by atoms with van der Waals surface area (Å²) in [6.45, 7) is 12.6. The molecular formula is C41H48N6O2S. The number of piperidine rings is 6. The number of fused-ring (bicyclic) bond motifs is 8. The minimum absolute atomic E-state index is 0.0515. The summed E-state index contributed by atoms with van der Waals surface area (Å²) in [5.74, 6) is 3.92. The van der Waals surface area contributed by atoms with E-state index < -0.39 is 0 Å². The van der Waals surface area contributed by atoms with E-state index in [1.54, 1.807) is 14.2 Å². The van der Waals surface area contributed by atoms with E-state index in [0.717, 1.165) is 72.3 Å². The Balaban J connectivity index is 1.18. The SMILES string of the molecule is C=C[C@H]1CN2CC[C@H]1CC2[C@@H](NC(=S)N[C@@H](c1ccnc2ccc(OC)cc12)C1C[C@@H]2CCN1C[C@@H]2C=C)c1ccnc2ccc(OC)cc12.